The van der Waals surface area contributed by atoms with Gasteiger partial charge in [0.05, 0.1) is 11.7 Å². The van der Waals surface area contributed by atoms with Crippen LogP contribution in [-0.4, -0.2) is 48.2 Å². The zero-order chi connectivity index (χ0) is 18.1. The Kier molecular flexibility index (Phi) is 5.44. The second-order valence-electron chi connectivity index (χ2n) is 8.22. The van der Waals surface area contributed by atoms with Gasteiger partial charge < -0.3 is 24.7 Å². The number of esters is 1. The first-order valence-electron chi connectivity index (χ1n) is 8.47. The van der Waals surface area contributed by atoms with E-state index in [1.165, 1.54) is 0 Å². The summed E-state index contributed by atoms with van der Waals surface area (Å²) in [6.45, 7) is 9.38. The molecule has 0 aromatic rings. The quantitative estimate of drug-likeness (QED) is 0.781. The summed E-state index contributed by atoms with van der Waals surface area (Å²) >= 11 is 0. The maximum Gasteiger partial charge on any atom is 0.508 e. The summed E-state index contributed by atoms with van der Waals surface area (Å²) < 4.78 is 21.8. The highest BCUT2D eigenvalue weighted by atomic mass is 16.8. The molecule has 1 heterocycles. The number of hydrogen-bond donors (Lipinski definition) is 1. The molecular weight excluding hydrogens is 314 g/mol. The fourth-order valence-corrected chi connectivity index (χ4v) is 3.05. The number of cyclic esters (lactones) is 2. The largest absolute Gasteiger partial charge is 0.508 e. The zero-order valence-corrected chi connectivity index (χ0v) is 15.2. The molecule has 1 saturated heterocycles. The Morgan fingerprint density at radius 1 is 1.17 bits per heavy atom. The second kappa shape index (κ2) is 6.88. The Hall–Kier alpha value is -1.34. The first kappa shape index (κ1) is 19.0. The van der Waals surface area contributed by atoms with Crippen molar-refractivity contribution >= 4 is 12.1 Å². The molecular formula is C17H29NO6. The molecule has 2 rings (SSSR count). The van der Waals surface area contributed by atoms with Gasteiger partial charge in [0, 0.05) is 5.92 Å². The van der Waals surface area contributed by atoms with Crippen LogP contribution in [0.3, 0.4) is 0 Å². The van der Waals surface area contributed by atoms with Gasteiger partial charge in [-0.1, -0.05) is 0 Å². The summed E-state index contributed by atoms with van der Waals surface area (Å²) in [6.07, 6.45) is 0.554. The molecule has 0 aromatic heterocycles. The van der Waals surface area contributed by atoms with Gasteiger partial charge in [0.1, 0.15) is 24.4 Å². The van der Waals surface area contributed by atoms with Crippen LogP contribution in [0.2, 0.25) is 0 Å². The van der Waals surface area contributed by atoms with Gasteiger partial charge in [0.2, 0.25) is 0 Å². The lowest BCUT2D eigenvalue weighted by Crippen LogP contribution is -2.50. The minimum absolute atomic E-state index is 0.0787. The Balaban J connectivity index is 2.07. The fraction of sp³-hybridized carbons (Fsp3) is 0.882. The van der Waals surface area contributed by atoms with Gasteiger partial charge in [0.25, 0.3) is 0 Å². The van der Waals surface area contributed by atoms with Crippen molar-refractivity contribution in [2.75, 3.05) is 6.61 Å². The normalized spacial score (nSPS) is 31.3. The highest BCUT2D eigenvalue weighted by Gasteiger charge is 2.43. The number of rotatable bonds is 4. The predicted octanol–water partition coefficient (Wildman–Crippen LogP) is 2.15. The predicted molar refractivity (Wildman–Crippen MR) is 86.3 cm³/mol. The molecule has 2 N–H and O–H groups in total. The average Bonchev–Trinajstić information content (AvgIpc) is 2.84. The van der Waals surface area contributed by atoms with E-state index in [1.54, 1.807) is 13.8 Å². The number of nitrogens with two attached hydrogens (primary N) is 1. The van der Waals surface area contributed by atoms with Gasteiger partial charge in [-0.15, -0.1) is 0 Å². The van der Waals surface area contributed by atoms with Crippen LogP contribution >= 0.6 is 0 Å². The Labute approximate surface area is 143 Å². The van der Waals surface area contributed by atoms with Crippen LogP contribution in [0.25, 0.3) is 0 Å². The highest BCUT2D eigenvalue weighted by molar-refractivity contribution is 5.79. The van der Waals surface area contributed by atoms with E-state index in [2.05, 4.69) is 0 Å². The van der Waals surface area contributed by atoms with Crippen LogP contribution in [0.1, 0.15) is 53.9 Å². The Bertz CT molecular complexity index is 478. The molecule has 0 spiro atoms. The van der Waals surface area contributed by atoms with E-state index in [1.807, 2.05) is 20.8 Å². The zero-order valence-electron chi connectivity index (χ0n) is 15.2. The van der Waals surface area contributed by atoms with Crippen LogP contribution in [0.4, 0.5) is 4.79 Å². The lowest BCUT2D eigenvalue weighted by Gasteiger charge is -2.40. The fourth-order valence-electron chi connectivity index (χ4n) is 3.05. The van der Waals surface area contributed by atoms with Gasteiger partial charge >= 0.3 is 12.1 Å². The van der Waals surface area contributed by atoms with Crippen molar-refractivity contribution in [3.05, 3.63) is 0 Å². The van der Waals surface area contributed by atoms with E-state index in [9.17, 15) is 9.59 Å². The molecule has 4 unspecified atom stereocenters. The lowest BCUT2D eigenvalue weighted by molar-refractivity contribution is -0.181. The standard InChI is InChI=1S/C17H29NO6/c1-16(2,3)24-11-7-6-10(13-9-21-15(20)23-13)8-12(11)22-14(19)17(4,5)18/h10-13H,6-9,18H2,1-5H3. The van der Waals surface area contributed by atoms with E-state index >= 15 is 0 Å². The third-order valence-electron chi connectivity index (χ3n) is 4.20. The Morgan fingerprint density at radius 2 is 1.83 bits per heavy atom. The van der Waals surface area contributed by atoms with Crippen LogP contribution in [0.5, 0.6) is 0 Å². The van der Waals surface area contributed by atoms with Gasteiger partial charge in [-0.3, -0.25) is 4.79 Å². The molecule has 2 aliphatic rings. The lowest BCUT2D eigenvalue weighted by atomic mass is 9.81. The van der Waals surface area contributed by atoms with Crippen molar-refractivity contribution in [1.82, 2.24) is 0 Å². The first-order valence-corrected chi connectivity index (χ1v) is 8.47. The monoisotopic (exact) mass is 343 g/mol. The minimum atomic E-state index is -1.07. The van der Waals surface area contributed by atoms with Crippen LogP contribution in [-0.2, 0) is 23.7 Å². The Morgan fingerprint density at radius 3 is 2.33 bits per heavy atom. The van der Waals surface area contributed by atoms with Crippen molar-refractivity contribution in [2.45, 2.75) is 83.3 Å². The SMILES string of the molecule is CC(C)(C)OC1CCC(C2COC(=O)O2)CC1OC(=O)C(C)(C)N. The van der Waals surface area contributed by atoms with Crippen LogP contribution in [0.15, 0.2) is 0 Å². The van der Waals surface area contributed by atoms with Crippen LogP contribution < -0.4 is 5.73 Å². The molecule has 1 saturated carbocycles. The number of ether oxygens (including phenoxy) is 4. The third kappa shape index (κ3) is 5.08. The summed E-state index contributed by atoms with van der Waals surface area (Å²) in [6, 6.07) is 0. The molecule has 4 atom stereocenters. The van der Waals surface area contributed by atoms with Crippen molar-refractivity contribution < 1.29 is 28.5 Å². The average molecular weight is 343 g/mol. The molecule has 0 radical (unpaired) electrons. The summed E-state index contributed by atoms with van der Waals surface area (Å²) in [7, 11) is 0. The molecule has 0 bridgehead atoms. The maximum absolute atomic E-state index is 12.2. The second-order valence-corrected chi connectivity index (χ2v) is 8.22. The van der Waals surface area contributed by atoms with Gasteiger partial charge in [-0.2, -0.15) is 0 Å². The highest BCUT2D eigenvalue weighted by Crippen LogP contribution is 2.35. The van der Waals surface area contributed by atoms with Gasteiger partial charge in [-0.25, -0.2) is 4.79 Å². The molecule has 1 aliphatic carbocycles. The summed E-state index contributed by atoms with van der Waals surface area (Å²) in [4.78, 5) is 23.4. The van der Waals surface area contributed by atoms with Crippen molar-refractivity contribution in [2.24, 2.45) is 11.7 Å². The third-order valence-corrected chi connectivity index (χ3v) is 4.20. The summed E-state index contributed by atoms with van der Waals surface area (Å²) in [5, 5.41) is 0. The molecule has 138 valence electrons. The van der Waals surface area contributed by atoms with Crippen LogP contribution in [0, 0.1) is 5.92 Å². The van der Waals surface area contributed by atoms with Crippen molar-refractivity contribution in [1.29, 1.82) is 0 Å². The van der Waals surface area contributed by atoms with Gasteiger partial charge in [-0.05, 0) is 53.9 Å². The molecule has 7 nitrogen and oxygen atoms in total. The molecule has 2 fully saturated rings. The van der Waals surface area contributed by atoms with Crippen molar-refractivity contribution in [3.63, 3.8) is 0 Å². The van der Waals surface area contributed by atoms with E-state index in [4.69, 9.17) is 24.7 Å². The molecule has 1 aliphatic heterocycles. The van der Waals surface area contributed by atoms with E-state index in [0.29, 0.717) is 6.42 Å². The topological polar surface area (TPSA) is 97.1 Å². The number of hydrogen-bond acceptors (Lipinski definition) is 7. The number of carbonyl (C=O) groups is 2. The van der Waals surface area contributed by atoms with Gasteiger partial charge in [0.15, 0.2) is 0 Å². The van der Waals surface area contributed by atoms with E-state index < -0.39 is 23.8 Å². The smallest absolute Gasteiger partial charge is 0.458 e. The molecule has 7 heteroatoms. The number of carbonyl (C=O) groups excluding carboxylic acids is 2. The molecule has 0 aromatic carbocycles. The van der Waals surface area contributed by atoms with E-state index in [-0.39, 0.29) is 30.3 Å². The summed E-state index contributed by atoms with van der Waals surface area (Å²) in [5.41, 5.74) is 4.43. The van der Waals surface area contributed by atoms with E-state index in [0.717, 1.165) is 12.8 Å². The maximum atomic E-state index is 12.2. The molecule has 24 heavy (non-hydrogen) atoms. The first-order chi connectivity index (χ1) is 11.0. The summed E-state index contributed by atoms with van der Waals surface area (Å²) in [5.74, 6) is -0.384. The molecule has 0 amide bonds. The van der Waals surface area contributed by atoms with Crippen molar-refractivity contribution in [3.8, 4) is 0 Å². The minimum Gasteiger partial charge on any atom is -0.458 e.